The molecule has 98 valence electrons. The minimum atomic E-state index is -0.714. The van der Waals surface area contributed by atoms with E-state index in [0.29, 0.717) is 36.9 Å². The van der Waals surface area contributed by atoms with Crippen molar-refractivity contribution in [2.24, 2.45) is 5.41 Å². The van der Waals surface area contributed by atoms with Crippen LogP contribution in [0, 0.1) is 5.41 Å². The van der Waals surface area contributed by atoms with Gasteiger partial charge in [-0.05, 0) is 25.0 Å². The van der Waals surface area contributed by atoms with E-state index in [2.05, 4.69) is 10.2 Å². The van der Waals surface area contributed by atoms with Gasteiger partial charge in [0.15, 0.2) is 11.0 Å². The Bertz CT molecular complexity index is 437. The standard InChI is InChI=1S/C12H16ClN3O2/c1-2-5-12(11(17)18)6-7-16(8-12)10-4-3-9(13)14-15-10/h3-4H,2,5-8H2,1H3,(H,17,18). The van der Waals surface area contributed by atoms with Crippen molar-refractivity contribution >= 4 is 23.4 Å². The van der Waals surface area contributed by atoms with Crippen LogP contribution in [0.2, 0.25) is 5.15 Å². The van der Waals surface area contributed by atoms with Crippen LogP contribution < -0.4 is 4.90 Å². The summed E-state index contributed by atoms with van der Waals surface area (Å²) in [6.45, 7) is 3.20. The number of aromatic nitrogens is 2. The molecule has 0 bridgehead atoms. The Morgan fingerprint density at radius 3 is 2.89 bits per heavy atom. The molecule has 1 saturated heterocycles. The van der Waals surface area contributed by atoms with E-state index in [9.17, 15) is 9.90 Å². The molecule has 1 aliphatic heterocycles. The fourth-order valence-corrected chi connectivity index (χ4v) is 2.61. The van der Waals surface area contributed by atoms with Gasteiger partial charge in [0, 0.05) is 13.1 Å². The van der Waals surface area contributed by atoms with Crippen molar-refractivity contribution in [3.8, 4) is 0 Å². The van der Waals surface area contributed by atoms with Crippen LogP contribution in [-0.4, -0.2) is 34.4 Å². The molecule has 1 aliphatic rings. The predicted molar refractivity (Wildman–Crippen MR) is 68.8 cm³/mol. The lowest BCUT2D eigenvalue weighted by atomic mass is 9.83. The smallest absolute Gasteiger partial charge is 0.311 e. The van der Waals surface area contributed by atoms with Crippen LogP contribution in [0.1, 0.15) is 26.2 Å². The van der Waals surface area contributed by atoms with Gasteiger partial charge in [0.25, 0.3) is 0 Å². The van der Waals surface area contributed by atoms with Gasteiger partial charge >= 0.3 is 5.97 Å². The Balaban J connectivity index is 2.15. The minimum absolute atomic E-state index is 0.344. The minimum Gasteiger partial charge on any atom is -0.481 e. The number of carboxylic acids is 1. The number of rotatable bonds is 4. The van der Waals surface area contributed by atoms with Crippen LogP contribution >= 0.6 is 11.6 Å². The fraction of sp³-hybridized carbons (Fsp3) is 0.583. The van der Waals surface area contributed by atoms with Crippen molar-refractivity contribution in [1.29, 1.82) is 0 Å². The summed E-state index contributed by atoms with van der Waals surface area (Å²) in [6, 6.07) is 3.45. The van der Waals surface area contributed by atoms with E-state index in [0.717, 1.165) is 6.42 Å². The van der Waals surface area contributed by atoms with E-state index in [1.54, 1.807) is 12.1 Å². The highest BCUT2D eigenvalue weighted by Gasteiger charge is 2.44. The average molecular weight is 270 g/mol. The lowest BCUT2D eigenvalue weighted by Gasteiger charge is -2.24. The second kappa shape index (κ2) is 5.10. The zero-order valence-corrected chi connectivity index (χ0v) is 11.0. The first-order chi connectivity index (χ1) is 8.57. The Kier molecular flexibility index (Phi) is 3.71. The van der Waals surface area contributed by atoms with Crippen molar-refractivity contribution in [2.45, 2.75) is 26.2 Å². The SMILES string of the molecule is CCCC1(C(=O)O)CCN(c2ccc(Cl)nn2)C1. The Labute approximate surface area is 111 Å². The third-order valence-corrected chi connectivity index (χ3v) is 3.68. The van der Waals surface area contributed by atoms with Crippen molar-refractivity contribution < 1.29 is 9.90 Å². The predicted octanol–water partition coefficient (Wildman–Crippen LogP) is 2.21. The number of aliphatic carboxylic acids is 1. The fourth-order valence-electron chi connectivity index (χ4n) is 2.51. The van der Waals surface area contributed by atoms with E-state index in [1.165, 1.54) is 0 Å². The van der Waals surface area contributed by atoms with Crippen LogP contribution in [-0.2, 0) is 4.79 Å². The van der Waals surface area contributed by atoms with E-state index < -0.39 is 11.4 Å². The second-order valence-electron chi connectivity index (χ2n) is 4.72. The van der Waals surface area contributed by atoms with Gasteiger partial charge in [0.1, 0.15) is 0 Å². The van der Waals surface area contributed by atoms with E-state index >= 15 is 0 Å². The molecule has 6 heteroatoms. The van der Waals surface area contributed by atoms with Crippen LogP contribution in [0.5, 0.6) is 0 Å². The van der Waals surface area contributed by atoms with Crippen molar-refractivity contribution in [3.63, 3.8) is 0 Å². The van der Waals surface area contributed by atoms with Gasteiger partial charge in [-0.1, -0.05) is 24.9 Å². The lowest BCUT2D eigenvalue weighted by molar-refractivity contribution is -0.148. The highest BCUT2D eigenvalue weighted by molar-refractivity contribution is 6.29. The first-order valence-electron chi connectivity index (χ1n) is 6.05. The topological polar surface area (TPSA) is 66.3 Å². The van der Waals surface area contributed by atoms with E-state index in [4.69, 9.17) is 11.6 Å². The van der Waals surface area contributed by atoms with Gasteiger partial charge in [0.2, 0.25) is 0 Å². The summed E-state index contributed by atoms with van der Waals surface area (Å²) < 4.78 is 0. The zero-order valence-electron chi connectivity index (χ0n) is 10.3. The van der Waals surface area contributed by atoms with Gasteiger partial charge in [-0.2, -0.15) is 0 Å². The summed E-state index contributed by atoms with van der Waals surface area (Å²) in [5.41, 5.74) is -0.643. The summed E-state index contributed by atoms with van der Waals surface area (Å²) in [5, 5.41) is 17.5. The lowest BCUT2D eigenvalue weighted by Crippen LogP contribution is -2.34. The molecule has 1 N–H and O–H groups in total. The maximum Gasteiger partial charge on any atom is 0.311 e. The van der Waals surface area contributed by atoms with Crippen LogP contribution in [0.4, 0.5) is 5.82 Å². The normalized spacial score (nSPS) is 23.3. The molecule has 2 rings (SSSR count). The van der Waals surface area contributed by atoms with Crippen molar-refractivity contribution in [1.82, 2.24) is 10.2 Å². The second-order valence-corrected chi connectivity index (χ2v) is 5.11. The zero-order chi connectivity index (χ0) is 13.2. The molecule has 0 amide bonds. The first kappa shape index (κ1) is 13.1. The maximum absolute atomic E-state index is 11.5. The summed E-state index contributed by atoms with van der Waals surface area (Å²) in [7, 11) is 0. The van der Waals surface area contributed by atoms with Crippen LogP contribution in [0.3, 0.4) is 0 Å². The number of anilines is 1. The number of halogens is 1. The molecule has 1 atom stereocenters. The molecule has 1 aromatic heterocycles. The molecule has 1 aromatic rings. The quantitative estimate of drug-likeness (QED) is 0.908. The van der Waals surface area contributed by atoms with Crippen LogP contribution in [0.25, 0.3) is 0 Å². The Hall–Kier alpha value is -1.36. The highest BCUT2D eigenvalue weighted by Crippen LogP contribution is 2.37. The van der Waals surface area contributed by atoms with Crippen molar-refractivity contribution in [3.05, 3.63) is 17.3 Å². The van der Waals surface area contributed by atoms with E-state index in [1.807, 2.05) is 11.8 Å². The molecule has 1 fully saturated rings. The van der Waals surface area contributed by atoms with Crippen LogP contribution in [0.15, 0.2) is 12.1 Å². The number of hydrogen-bond donors (Lipinski definition) is 1. The van der Waals surface area contributed by atoms with Gasteiger partial charge < -0.3 is 10.0 Å². The van der Waals surface area contributed by atoms with Gasteiger partial charge in [-0.15, -0.1) is 10.2 Å². The molecule has 5 nitrogen and oxygen atoms in total. The Morgan fingerprint density at radius 1 is 1.56 bits per heavy atom. The third-order valence-electron chi connectivity index (χ3n) is 3.48. The maximum atomic E-state index is 11.5. The van der Waals surface area contributed by atoms with Crippen molar-refractivity contribution in [2.75, 3.05) is 18.0 Å². The number of carboxylic acid groups (broad SMARTS) is 1. The Morgan fingerprint density at radius 2 is 2.33 bits per heavy atom. The molecule has 0 radical (unpaired) electrons. The number of nitrogens with zero attached hydrogens (tertiary/aromatic N) is 3. The number of carbonyl (C=O) groups is 1. The molecule has 0 spiro atoms. The van der Waals surface area contributed by atoms with Gasteiger partial charge in [-0.3, -0.25) is 4.79 Å². The highest BCUT2D eigenvalue weighted by atomic mass is 35.5. The summed E-state index contributed by atoms with van der Waals surface area (Å²) in [6.07, 6.45) is 2.22. The first-order valence-corrected chi connectivity index (χ1v) is 6.43. The molecular formula is C12H16ClN3O2. The van der Waals surface area contributed by atoms with Gasteiger partial charge in [-0.25, -0.2) is 0 Å². The molecule has 2 heterocycles. The number of hydrogen-bond acceptors (Lipinski definition) is 4. The third kappa shape index (κ3) is 2.41. The summed E-state index contributed by atoms with van der Waals surface area (Å²) in [4.78, 5) is 13.4. The monoisotopic (exact) mass is 269 g/mol. The molecule has 0 aromatic carbocycles. The molecule has 18 heavy (non-hydrogen) atoms. The summed E-state index contributed by atoms with van der Waals surface area (Å²) in [5.74, 6) is -0.0209. The molecule has 0 aliphatic carbocycles. The molecule has 1 unspecified atom stereocenters. The van der Waals surface area contributed by atoms with E-state index in [-0.39, 0.29) is 0 Å². The van der Waals surface area contributed by atoms with Gasteiger partial charge in [0.05, 0.1) is 5.41 Å². The molecular weight excluding hydrogens is 254 g/mol. The summed E-state index contributed by atoms with van der Waals surface area (Å²) >= 11 is 5.69. The average Bonchev–Trinajstić information content (AvgIpc) is 2.76. The molecule has 0 saturated carbocycles. The largest absolute Gasteiger partial charge is 0.481 e.